The minimum atomic E-state index is -0.378. The average Bonchev–Trinajstić information content (AvgIpc) is 2.14. The third-order valence-electron chi connectivity index (χ3n) is 2.32. The predicted octanol–water partition coefficient (Wildman–Crippen LogP) is 2.11. The molecule has 4 heteroatoms. The summed E-state index contributed by atoms with van der Waals surface area (Å²) in [6.07, 6.45) is 3.16. The number of nitrogens with zero attached hydrogens (tertiary/aromatic N) is 1. The number of nitrogens with one attached hydrogen (secondary N) is 1. The van der Waals surface area contributed by atoms with Crippen LogP contribution in [0.5, 0.6) is 0 Å². The van der Waals surface area contributed by atoms with E-state index in [0.717, 1.165) is 12.0 Å². The molecule has 96 valence electrons. The van der Waals surface area contributed by atoms with Crippen LogP contribution in [0.25, 0.3) is 0 Å². The molecule has 3 nitrogen and oxygen atoms in total. The Kier molecular flexibility index (Phi) is 5.02. The molecular weight excluding hydrogens is 219 g/mol. The lowest BCUT2D eigenvalue weighted by Gasteiger charge is -2.22. The number of hydrogen-bond acceptors (Lipinski definition) is 3. The second-order valence-electron chi connectivity index (χ2n) is 5.56. The van der Waals surface area contributed by atoms with Gasteiger partial charge in [0.2, 0.25) is 0 Å². The lowest BCUT2D eigenvalue weighted by atomic mass is 9.89. The maximum atomic E-state index is 12.8. The summed E-state index contributed by atoms with van der Waals surface area (Å²) < 4.78 is 12.8. The third kappa shape index (κ3) is 6.34. The molecule has 1 atom stereocenters. The summed E-state index contributed by atoms with van der Waals surface area (Å²) in [5.74, 6) is -0.334. The Labute approximate surface area is 102 Å². The first-order valence-corrected chi connectivity index (χ1v) is 5.85. The molecule has 1 heterocycles. The largest absolute Gasteiger partial charge is 0.392 e. The fourth-order valence-corrected chi connectivity index (χ4v) is 1.71. The molecule has 0 bridgehead atoms. The van der Waals surface area contributed by atoms with Crippen LogP contribution in [0.3, 0.4) is 0 Å². The van der Waals surface area contributed by atoms with Crippen LogP contribution in [0.2, 0.25) is 0 Å². The number of halogens is 1. The first-order chi connectivity index (χ1) is 7.87. The number of pyridine rings is 1. The highest BCUT2D eigenvalue weighted by atomic mass is 19.1. The summed E-state index contributed by atoms with van der Waals surface area (Å²) in [7, 11) is 0. The van der Waals surface area contributed by atoms with Gasteiger partial charge >= 0.3 is 0 Å². The molecule has 0 saturated heterocycles. The molecule has 1 aromatic rings. The number of aliphatic hydroxyl groups excluding tert-OH is 1. The first kappa shape index (κ1) is 14.1. The van der Waals surface area contributed by atoms with E-state index in [-0.39, 0.29) is 17.3 Å². The summed E-state index contributed by atoms with van der Waals surface area (Å²) in [4.78, 5) is 3.76. The van der Waals surface area contributed by atoms with Crippen LogP contribution in [-0.2, 0) is 6.54 Å². The fraction of sp³-hybridized carbons (Fsp3) is 0.615. The van der Waals surface area contributed by atoms with Crippen LogP contribution < -0.4 is 5.32 Å². The minimum absolute atomic E-state index is 0.113. The van der Waals surface area contributed by atoms with Gasteiger partial charge in [0, 0.05) is 19.3 Å². The quantitative estimate of drug-likeness (QED) is 0.828. The fourth-order valence-electron chi connectivity index (χ4n) is 1.71. The van der Waals surface area contributed by atoms with Crippen LogP contribution in [0.15, 0.2) is 18.5 Å². The van der Waals surface area contributed by atoms with Crippen molar-refractivity contribution in [2.24, 2.45) is 5.41 Å². The van der Waals surface area contributed by atoms with Gasteiger partial charge in [-0.3, -0.25) is 4.98 Å². The van der Waals surface area contributed by atoms with Crippen LogP contribution in [-0.4, -0.2) is 22.7 Å². The van der Waals surface area contributed by atoms with Gasteiger partial charge in [0.15, 0.2) is 0 Å². The molecule has 0 aliphatic heterocycles. The molecule has 0 spiro atoms. The zero-order valence-electron chi connectivity index (χ0n) is 10.7. The van der Waals surface area contributed by atoms with Crippen molar-refractivity contribution < 1.29 is 9.50 Å². The molecular formula is C13H21FN2O. The highest BCUT2D eigenvalue weighted by Crippen LogP contribution is 2.20. The summed E-state index contributed by atoms with van der Waals surface area (Å²) in [6.45, 7) is 7.30. The standard InChI is InChI=1S/C13H21FN2O/c1-13(2,3)5-12(17)9-16-7-10-4-11(14)8-15-6-10/h4,6,8,12,16-17H,5,7,9H2,1-3H3. The van der Waals surface area contributed by atoms with Crippen LogP contribution >= 0.6 is 0 Å². The maximum Gasteiger partial charge on any atom is 0.141 e. The highest BCUT2D eigenvalue weighted by Gasteiger charge is 2.16. The average molecular weight is 240 g/mol. The van der Waals surface area contributed by atoms with E-state index in [2.05, 4.69) is 31.1 Å². The van der Waals surface area contributed by atoms with E-state index >= 15 is 0 Å². The van der Waals surface area contributed by atoms with Crippen molar-refractivity contribution in [1.82, 2.24) is 10.3 Å². The van der Waals surface area contributed by atoms with Crippen molar-refractivity contribution in [3.8, 4) is 0 Å². The molecule has 0 radical (unpaired) electrons. The normalized spacial score (nSPS) is 13.7. The van der Waals surface area contributed by atoms with Gasteiger partial charge in [-0.2, -0.15) is 0 Å². The molecule has 0 fully saturated rings. The van der Waals surface area contributed by atoms with Gasteiger partial charge in [-0.1, -0.05) is 20.8 Å². The first-order valence-electron chi connectivity index (χ1n) is 5.85. The Hall–Kier alpha value is -1.00. The molecule has 0 aliphatic carbocycles. The lowest BCUT2D eigenvalue weighted by molar-refractivity contribution is 0.119. The number of aliphatic hydroxyl groups is 1. The molecule has 1 rings (SSSR count). The zero-order valence-corrected chi connectivity index (χ0v) is 10.7. The molecule has 0 saturated carbocycles. The van der Waals surface area contributed by atoms with Gasteiger partial charge in [-0.05, 0) is 23.5 Å². The van der Waals surface area contributed by atoms with Crippen LogP contribution in [0.1, 0.15) is 32.8 Å². The predicted molar refractivity (Wildman–Crippen MR) is 66.0 cm³/mol. The van der Waals surface area contributed by atoms with Crippen molar-refractivity contribution in [2.75, 3.05) is 6.54 Å². The van der Waals surface area contributed by atoms with Gasteiger partial charge in [0.1, 0.15) is 5.82 Å². The van der Waals surface area contributed by atoms with E-state index in [0.29, 0.717) is 13.1 Å². The third-order valence-corrected chi connectivity index (χ3v) is 2.32. The molecule has 2 N–H and O–H groups in total. The zero-order chi connectivity index (χ0) is 12.9. The van der Waals surface area contributed by atoms with E-state index in [1.165, 1.54) is 12.3 Å². The van der Waals surface area contributed by atoms with E-state index in [1.807, 2.05) is 0 Å². The molecule has 1 aromatic heterocycles. The minimum Gasteiger partial charge on any atom is -0.392 e. The van der Waals surface area contributed by atoms with Gasteiger partial charge in [0.25, 0.3) is 0 Å². The highest BCUT2D eigenvalue weighted by molar-refractivity contribution is 5.09. The van der Waals surface area contributed by atoms with Crippen molar-refractivity contribution in [2.45, 2.75) is 39.8 Å². The van der Waals surface area contributed by atoms with Crippen LogP contribution in [0, 0.1) is 11.2 Å². The Bertz CT molecular complexity index is 350. The van der Waals surface area contributed by atoms with Crippen LogP contribution in [0.4, 0.5) is 4.39 Å². The van der Waals surface area contributed by atoms with E-state index in [1.54, 1.807) is 6.20 Å². The van der Waals surface area contributed by atoms with E-state index < -0.39 is 0 Å². The molecule has 0 aromatic carbocycles. The van der Waals surface area contributed by atoms with Crippen molar-refractivity contribution in [1.29, 1.82) is 0 Å². The van der Waals surface area contributed by atoms with Crippen molar-refractivity contribution in [3.05, 3.63) is 29.8 Å². The number of rotatable bonds is 5. The lowest BCUT2D eigenvalue weighted by Crippen LogP contribution is -2.29. The van der Waals surface area contributed by atoms with Crippen molar-refractivity contribution >= 4 is 0 Å². The van der Waals surface area contributed by atoms with Gasteiger partial charge < -0.3 is 10.4 Å². The number of hydrogen-bond donors (Lipinski definition) is 2. The van der Waals surface area contributed by atoms with Gasteiger partial charge in [-0.25, -0.2) is 4.39 Å². The summed E-state index contributed by atoms with van der Waals surface area (Å²) in [5.41, 5.74) is 0.898. The van der Waals surface area contributed by atoms with E-state index in [9.17, 15) is 9.50 Å². The summed E-state index contributed by atoms with van der Waals surface area (Å²) in [6, 6.07) is 1.44. The number of aromatic nitrogens is 1. The van der Waals surface area contributed by atoms with Gasteiger partial charge in [-0.15, -0.1) is 0 Å². The Balaban J connectivity index is 2.28. The Morgan fingerprint density at radius 2 is 2.12 bits per heavy atom. The summed E-state index contributed by atoms with van der Waals surface area (Å²) >= 11 is 0. The second-order valence-corrected chi connectivity index (χ2v) is 5.56. The SMILES string of the molecule is CC(C)(C)CC(O)CNCc1cncc(F)c1. The molecule has 17 heavy (non-hydrogen) atoms. The molecule has 0 amide bonds. The van der Waals surface area contributed by atoms with Gasteiger partial charge in [0.05, 0.1) is 12.3 Å². The molecule has 1 unspecified atom stereocenters. The second kappa shape index (κ2) is 6.07. The Morgan fingerprint density at radius 3 is 2.71 bits per heavy atom. The topological polar surface area (TPSA) is 45.1 Å². The molecule has 0 aliphatic rings. The smallest absolute Gasteiger partial charge is 0.141 e. The summed E-state index contributed by atoms with van der Waals surface area (Å²) in [5, 5.41) is 12.9. The Morgan fingerprint density at radius 1 is 1.41 bits per heavy atom. The van der Waals surface area contributed by atoms with E-state index in [4.69, 9.17) is 0 Å². The monoisotopic (exact) mass is 240 g/mol. The van der Waals surface area contributed by atoms with Crippen molar-refractivity contribution in [3.63, 3.8) is 0 Å². The maximum absolute atomic E-state index is 12.8.